The van der Waals surface area contributed by atoms with Gasteiger partial charge in [0.05, 0.1) is 20.8 Å². The van der Waals surface area contributed by atoms with Gasteiger partial charge in [-0.2, -0.15) is 0 Å². The molecule has 1 N–H and O–H groups in total. The molecule has 0 bridgehead atoms. The van der Waals surface area contributed by atoms with E-state index in [0.717, 1.165) is 0 Å². The fraction of sp³-hybridized carbons (Fsp3) is 0. The normalized spacial score (nSPS) is 10.4. The van der Waals surface area contributed by atoms with Crippen LogP contribution in [0.3, 0.4) is 0 Å². The third-order valence-electron chi connectivity index (χ3n) is 2.27. The number of nitrogens with one attached hydrogen (secondary N) is 1. The van der Waals surface area contributed by atoms with Crippen molar-refractivity contribution < 1.29 is 4.79 Å². The third-order valence-corrected chi connectivity index (χ3v) is 3.60. The molecule has 1 heterocycles. The van der Waals surface area contributed by atoms with Crippen molar-refractivity contribution in [3.05, 3.63) is 55.2 Å². The van der Waals surface area contributed by atoms with Crippen molar-refractivity contribution in [2.45, 2.75) is 0 Å². The van der Waals surface area contributed by atoms with Gasteiger partial charge in [0.1, 0.15) is 10.8 Å². The largest absolute Gasteiger partial charge is 0.318 e. The van der Waals surface area contributed by atoms with Crippen molar-refractivity contribution in [3.63, 3.8) is 0 Å². The molecular formula is C12H5Cl5N2O. The van der Waals surface area contributed by atoms with Crippen LogP contribution in [0.2, 0.25) is 25.2 Å². The van der Waals surface area contributed by atoms with Gasteiger partial charge in [0.2, 0.25) is 0 Å². The van der Waals surface area contributed by atoms with Crippen LogP contribution in [0.25, 0.3) is 0 Å². The molecule has 0 saturated carbocycles. The smallest absolute Gasteiger partial charge is 0.275 e. The van der Waals surface area contributed by atoms with Gasteiger partial charge in [0.25, 0.3) is 5.91 Å². The molecule has 0 aliphatic heterocycles. The maximum Gasteiger partial charge on any atom is 0.275 e. The molecule has 8 heteroatoms. The first-order chi connectivity index (χ1) is 9.38. The Morgan fingerprint density at radius 3 is 2.15 bits per heavy atom. The fourth-order valence-corrected chi connectivity index (χ4v) is 2.66. The third kappa shape index (κ3) is 3.48. The Bertz CT molecular complexity index is 667. The second-order valence-electron chi connectivity index (χ2n) is 3.66. The lowest BCUT2D eigenvalue weighted by atomic mass is 10.3. The monoisotopic (exact) mass is 368 g/mol. The second-order valence-corrected chi connectivity index (χ2v) is 5.71. The summed E-state index contributed by atoms with van der Waals surface area (Å²) >= 11 is 29.4. The summed E-state index contributed by atoms with van der Waals surface area (Å²) in [5, 5.41) is 3.59. The topological polar surface area (TPSA) is 42.0 Å². The zero-order chi connectivity index (χ0) is 14.9. The molecule has 0 unspecified atom stereocenters. The van der Waals surface area contributed by atoms with Gasteiger partial charge >= 0.3 is 0 Å². The van der Waals surface area contributed by atoms with Crippen LogP contribution in [0.4, 0.5) is 5.69 Å². The number of carbonyl (C=O) groups excluding carboxylic acids is 1. The summed E-state index contributed by atoms with van der Waals surface area (Å²) in [4.78, 5) is 16.0. The average Bonchev–Trinajstić information content (AvgIpc) is 2.36. The number of halogens is 5. The van der Waals surface area contributed by atoms with Crippen LogP contribution in [0.15, 0.2) is 24.3 Å². The Kier molecular flexibility index (Phi) is 4.99. The van der Waals surface area contributed by atoms with Gasteiger partial charge in [0.15, 0.2) is 0 Å². The predicted molar refractivity (Wildman–Crippen MR) is 83.7 cm³/mol. The molecule has 0 spiro atoms. The number of rotatable bonds is 2. The molecule has 3 nitrogen and oxygen atoms in total. The molecule has 1 aromatic heterocycles. The van der Waals surface area contributed by atoms with E-state index in [1.54, 1.807) is 0 Å². The Morgan fingerprint density at radius 1 is 0.950 bits per heavy atom. The molecule has 0 aliphatic carbocycles. The van der Waals surface area contributed by atoms with Crippen LogP contribution in [-0.4, -0.2) is 10.9 Å². The maximum atomic E-state index is 12.1. The lowest BCUT2D eigenvalue weighted by Crippen LogP contribution is -2.15. The number of anilines is 1. The van der Waals surface area contributed by atoms with Crippen LogP contribution in [0.1, 0.15) is 10.5 Å². The Balaban J connectivity index is 2.35. The number of benzene rings is 1. The second kappa shape index (κ2) is 6.37. The summed E-state index contributed by atoms with van der Waals surface area (Å²) in [5.74, 6) is -0.580. The quantitative estimate of drug-likeness (QED) is 0.699. The first-order valence-corrected chi connectivity index (χ1v) is 7.05. The minimum atomic E-state index is -0.580. The summed E-state index contributed by atoms with van der Waals surface area (Å²) in [6.45, 7) is 0. The standard InChI is InChI=1S/C12H5Cl5N2O/c13-5-3-7(15)10(8(16)4-5)19-12(20)11-6(14)1-2-9(17)18-11/h1-4H,(H,19,20). The first-order valence-electron chi connectivity index (χ1n) is 5.16. The Labute approximate surface area is 139 Å². The van der Waals surface area contributed by atoms with E-state index in [9.17, 15) is 4.79 Å². The Hall–Kier alpha value is -0.710. The molecule has 1 aromatic carbocycles. The zero-order valence-electron chi connectivity index (χ0n) is 9.55. The van der Waals surface area contributed by atoms with Gasteiger partial charge < -0.3 is 5.32 Å². The van der Waals surface area contributed by atoms with Gasteiger partial charge in [-0.3, -0.25) is 4.79 Å². The molecule has 20 heavy (non-hydrogen) atoms. The van der Waals surface area contributed by atoms with Crippen molar-refractivity contribution in [1.29, 1.82) is 0 Å². The van der Waals surface area contributed by atoms with Crippen LogP contribution < -0.4 is 5.32 Å². The van der Waals surface area contributed by atoms with E-state index < -0.39 is 5.91 Å². The summed E-state index contributed by atoms with van der Waals surface area (Å²) in [7, 11) is 0. The predicted octanol–water partition coefficient (Wildman–Crippen LogP) is 5.60. The zero-order valence-corrected chi connectivity index (χ0v) is 13.3. The highest BCUT2D eigenvalue weighted by atomic mass is 35.5. The summed E-state index contributed by atoms with van der Waals surface area (Å²) < 4.78 is 0. The Morgan fingerprint density at radius 2 is 1.55 bits per heavy atom. The van der Waals surface area contributed by atoms with E-state index in [1.807, 2.05) is 0 Å². The molecule has 2 aromatic rings. The molecule has 0 atom stereocenters. The number of amides is 1. The molecule has 0 radical (unpaired) electrons. The number of nitrogens with zero attached hydrogens (tertiary/aromatic N) is 1. The lowest BCUT2D eigenvalue weighted by Gasteiger charge is -2.10. The highest BCUT2D eigenvalue weighted by Gasteiger charge is 2.16. The molecule has 0 saturated heterocycles. The molecule has 2 rings (SSSR count). The van der Waals surface area contributed by atoms with E-state index in [-0.39, 0.29) is 31.6 Å². The number of hydrogen-bond acceptors (Lipinski definition) is 2. The van der Waals surface area contributed by atoms with Crippen molar-refractivity contribution in [1.82, 2.24) is 4.98 Å². The first kappa shape index (κ1) is 15.7. The SMILES string of the molecule is O=C(Nc1c(Cl)cc(Cl)cc1Cl)c1nc(Cl)ccc1Cl. The summed E-state index contributed by atoms with van der Waals surface area (Å²) in [5.41, 5.74) is 0.196. The van der Waals surface area contributed by atoms with Gasteiger partial charge in [0, 0.05) is 5.02 Å². The van der Waals surface area contributed by atoms with E-state index in [1.165, 1.54) is 24.3 Å². The van der Waals surface area contributed by atoms with Crippen molar-refractivity contribution in [3.8, 4) is 0 Å². The highest BCUT2D eigenvalue weighted by molar-refractivity contribution is 6.42. The van der Waals surface area contributed by atoms with E-state index in [0.29, 0.717) is 5.02 Å². The van der Waals surface area contributed by atoms with E-state index in [4.69, 9.17) is 58.0 Å². The molecule has 1 amide bonds. The van der Waals surface area contributed by atoms with E-state index >= 15 is 0 Å². The van der Waals surface area contributed by atoms with Gasteiger partial charge in [-0.05, 0) is 24.3 Å². The number of carbonyl (C=O) groups is 1. The van der Waals surface area contributed by atoms with Crippen LogP contribution >= 0.6 is 58.0 Å². The minimum Gasteiger partial charge on any atom is -0.318 e. The number of aromatic nitrogens is 1. The van der Waals surface area contributed by atoms with Crippen molar-refractivity contribution in [2.24, 2.45) is 0 Å². The number of hydrogen-bond donors (Lipinski definition) is 1. The minimum absolute atomic E-state index is 0.0266. The van der Waals surface area contributed by atoms with Crippen LogP contribution in [0, 0.1) is 0 Å². The number of pyridine rings is 1. The van der Waals surface area contributed by atoms with Gasteiger partial charge in [-0.25, -0.2) is 4.98 Å². The van der Waals surface area contributed by atoms with Gasteiger partial charge in [-0.1, -0.05) is 58.0 Å². The highest BCUT2D eigenvalue weighted by Crippen LogP contribution is 2.34. The van der Waals surface area contributed by atoms with E-state index in [2.05, 4.69) is 10.3 Å². The van der Waals surface area contributed by atoms with Crippen LogP contribution in [0.5, 0.6) is 0 Å². The molecule has 0 aliphatic rings. The molecule has 104 valence electrons. The average molecular weight is 370 g/mol. The lowest BCUT2D eigenvalue weighted by molar-refractivity contribution is 0.102. The fourth-order valence-electron chi connectivity index (χ4n) is 1.41. The summed E-state index contributed by atoms with van der Waals surface area (Å²) in [6, 6.07) is 5.86. The summed E-state index contributed by atoms with van der Waals surface area (Å²) in [6.07, 6.45) is 0. The van der Waals surface area contributed by atoms with Crippen LogP contribution in [-0.2, 0) is 0 Å². The van der Waals surface area contributed by atoms with Gasteiger partial charge in [-0.15, -0.1) is 0 Å². The molecule has 0 fully saturated rings. The maximum absolute atomic E-state index is 12.1. The van der Waals surface area contributed by atoms with Crippen molar-refractivity contribution >= 4 is 69.6 Å². The van der Waals surface area contributed by atoms with Crippen molar-refractivity contribution in [2.75, 3.05) is 5.32 Å². The molecular weight excluding hydrogens is 365 g/mol.